The molecule has 0 saturated heterocycles. The van der Waals surface area contributed by atoms with Gasteiger partial charge in [0.15, 0.2) is 0 Å². The normalized spacial score (nSPS) is 11.2. The van der Waals surface area contributed by atoms with E-state index in [4.69, 9.17) is 4.74 Å². The highest BCUT2D eigenvalue weighted by molar-refractivity contribution is 7.92. The first-order valence-corrected chi connectivity index (χ1v) is 7.62. The molecule has 2 aromatic rings. The molecule has 7 heteroatoms. The highest BCUT2D eigenvalue weighted by Crippen LogP contribution is 2.28. The number of nitrogens with one attached hydrogen (secondary N) is 1. The minimum atomic E-state index is -4.13. The van der Waals surface area contributed by atoms with Gasteiger partial charge in [-0.25, -0.2) is 17.2 Å². The highest BCUT2D eigenvalue weighted by atomic mass is 32.2. The van der Waals surface area contributed by atoms with E-state index < -0.39 is 26.6 Å². The smallest absolute Gasteiger partial charge is 0.264 e. The standard InChI is InChI=1S/C14H13F2NO3S/c1-2-20-13-9-10(15)7-8-12(13)17-21(18,19)14-6-4-3-5-11(14)16/h3-9,17H,2H2,1H3. The summed E-state index contributed by atoms with van der Waals surface area (Å²) < 4.78 is 58.5. The Bertz CT molecular complexity index is 748. The molecule has 0 amide bonds. The van der Waals surface area contributed by atoms with Crippen LogP contribution in [-0.2, 0) is 10.0 Å². The van der Waals surface area contributed by atoms with Crippen LogP contribution in [0.4, 0.5) is 14.5 Å². The number of halogens is 2. The van der Waals surface area contributed by atoms with Gasteiger partial charge in [0.1, 0.15) is 22.3 Å². The molecule has 112 valence electrons. The molecule has 2 rings (SSSR count). The Morgan fingerprint density at radius 2 is 1.86 bits per heavy atom. The molecule has 4 nitrogen and oxygen atoms in total. The number of benzene rings is 2. The summed E-state index contributed by atoms with van der Waals surface area (Å²) in [5.74, 6) is -1.39. The maximum Gasteiger partial charge on any atom is 0.264 e. The van der Waals surface area contributed by atoms with Crippen molar-refractivity contribution in [3.8, 4) is 5.75 Å². The molecule has 0 unspecified atom stereocenters. The van der Waals surface area contributed by atoms with Crippen LogP contribution in [0.25, 0.3) is 0 Å². The molecule has 0 heterocycles. The second kappa shape index (κ2) is 6.09. The minimum absolute atomic E-state index is 0.0393. The summed E-state index contributed by atoms with van der Waals surface area (Å²) in [6.07, 6.45) is 0. The second-order valence-electron chi connectivity index (χ2n) is 4.11. The van der Waals surface area contributed by atoms with Gasteiger partial charge in [-0.3, -0.25) is 4.72 Å². The predicted molar refractivity (Wildman–Crippen MR) is 74.8 cm³/mol. The molecule has 0 bridgehead atoms. The first kappa shape index (κ1) is 15.2. The Balaban J connectivity index is 2.40. The third kappa shape index (κ3) is 3.49. The third-order valence-electron chi connectivity index (χ3n) is 2.61. The van der Waals surface area contributed by atoms with Gasteiger partial charge in [-0.2, -0.15) is 0 Å². The van der Waals surface area contributed by atoms with Crippen molar-refractivity contribution >= 4 is 15.7 Å². The van der Waals surface area contributed by atoms with Crippen molar-refractivity contribution in [1.29, 1.82) is 0 Å². The monoisotopic (exact) mass is 313 g/mol. The maximum absolute atomic E-state index is 13.6. The van der Waals surface area contributed by atoms with Gasteiger partial charge in [0.25, 0.3) is 10.0 Å². The Morgan fingerprint density at radius 1 is 1.14 bits per heavy atom. The van der Waals surface area contributed by atoms with Crippen molar-refractivity contribution in [3.63, 3.8) is 0 Å². The third-order valence-corrected chi connectivity index (χ3v) is 4.01. The van der Waals surface area contributed by atoms with Gasteiger partial charge in [-0.15, -0.1) is 0 Å². The van der Waals surface area contributed by atoms with Gasteiger partial charge in [0.05, 0.1) is 12.3 Å². The van der Waals surface area contributed by atoms with Crippen LogP contribution in [0.5, 0.6) is 5.75 Å². The molecule has 0 aliphatic carbocycles. The lowest BCUT2D eigenvalue weighted by Crippen LogP contribution is -2.15. The highest BCUT2D eigenvalue weighted by Gasteiger charge is 2.20. The molecule has 0 atom stereocenters. The first-order valence-electron chi connectivity index (χ1n) is 6.13. The van der Waals surface area contributed by atoms with E-state index >= 15 is 0 Å². The van der Waals surface area contributed by atoms with Crippen molar-refractivity contribution in [3.05, 3.63) is 54.1 Å². The first-order chi connectivity index (χ1) is 9.94. The number of hydrogen-bond donors (Lipinski definition) is 1. The van der Waals surface area contributed by atoms with Gasteiger partial charge in [0, 0.05) is 6.07 Å². The van der Waals surface area contributed by atoms with Crippen molar-refractivity contribution in [2.24, 2.45) is 0 Å². The fourth-order valence-electron chi connectivity index (χ4n) is 1.72. The average Bonchev–Trinajstić information content (AvgIpc) is 2.42. The molecule has 21 heavy (non-hydrogen) atoms. The van der Waals surface area contributed by atoms with Crippen molar-refractivity contribution < 1.29 is 21.9 Å². The molecular weight excluding hydrogens is 300 g/mol. The van der Waals surface area contributed by atoms with Crippen LogP contribution in [0.2, 0.25) is 0 Å². The number of ether oxygens (including phenoxy) is 1. The van der Waals surface area contributed by atoms with E-state index in [0.29, 0.717) is 0 Å². The van der Waals surface area contributed by atoms with Crippen LogP contribution in [-0.4, -0.2) is 15.0 Å². The van der Waals surface area contributed by atoms with Gasteiger partial charge in [0.2, 0.25) is 0 Å². The van der Waals surface area contributed by atoms with E-state index in [1.165, 1.54) is 18.2 Å². The van der Waals surface area contributed by atoms with E-state index in [0.717, 1.165) is 24.3 Å². The summed E-state index contributed by atoms with van der Waals surface area (Å²) in [7, 11) is -4.13. The zero-order valence-corrected chi connectivity index (χ0v) is 12.0. The number of rotatable bonds is 5. The van der Waals surface area contributed by atoms with Crippen molar-refractivity contribution in [1.82, 2.24) is 0 Å². The Morgan fingerprint density at radius 3 is 2.52 bits per heavy atom. The Labute approximate surface area is 121 Å². The Hall–Kier alpha value is -2.15. The van der Waals surface area contributed by atoms with E-state index in [1.807, 2.05) is 0 Å². The van der Waals surface area contributed by atoms with E-state index in [9.17, 15) is 17.2 Å². The molecule has 0 radical (unpaired) electrons. The molecule has 0 aliphatic heterocycles. The SMILES string of the molecule is CCOc1cc(F)ccc1NS(=O)(=O)c1ccccc1F. The number of hydrogen-bond acceptors (Lipinski definition) is 3. The van der Waals surface area contributed by atoms with Crippen LogP contribution in [0, 0.1) is 11.6 Å². The zero-order chi connectivity index (χ0) is 15.5. The molecule has 2 aromatic carbocycles. The predicted octanol–water partition coefficient (Wildman–Crippen LogP) is 3.16. The molecule has 0 fully saturated rings. The summed E-state index contributed by atoms with van der Waals surface area (Å²) in [4.78, 5) is -0.489. The topological polar surface area (TPSA) is 55.4 Å². The van der Waals surface area contributed by atoms with Crippen LogP contribution in [0.15, 0.2) is 47.4 Å². The quantitative estimate of drug-likeness (QED) is 0.922. The van der Waals surface area contributed by atoms with Gasteiger partial charge in [-0.05, 0) is 31.2 Å². The van der Waals surface area contributed by atoms with Crippen LogP contribution < -0.4 is 9.46 Å². The van der Waals surface area contributed by atoms with Gasteiger partial charge >= 0.3 is 0 Å². The largest absolute Gasteiger partial charge is 0.492 e. The maximum atomic E-state index is 13.6. The fourth-order valence-corrected chi connectivity index (χ4v) is 2.87. The van der Waals surface area contributed by atoms with Crippen LogP contribution >= 0.6 is 0 Å². The molecule has 0 aliphatic rings. The van der Waals surface area contributed by atoms with E-state index in [1.54, 1.807) is 6.92 Å². The van der Waals surface area contributed by atoms with E-state index in [2.05, 4.69) is 4.72 Å². The fraction of sp³-hybridized carbons (Fsp3) is 0.143. The molecule has 0 spiro atoms. The number of sulfonamides is 1. The number of anilines is 1. The minimum Gasteiger partial charge on any atom is -0.492 e. The molecular formula is C14H13F2NO3S. The van der Waals surface area contributed by atoms with Crippen LogP contribution in [0.3, 0.4) is 0 Å². The lowest BCUT2D eigenvalue weighted by Gasteiger charge is -2.13. The summed E-state index contributed by atoms with van der Waals surface area (Å²) in [5.41, 5.74) is 0.0431. The Kier molecular flexibility index (Phi) is 4.42. The molecule has 1 N–H and O–H groups in total. The molecule has 0 saturated carbocycles. The summed E-state index contributed by atoms with van der Waals surface area (Å²) in [5, 5.41) is 0. The summed E-state index contributed by atoms with van der Waals surface area (Å²) in [6, 6.07) is 8.34. The van der Waals surface area contributed by atoms with Gasteiger partial charge in [-0.1, -0.05) is 12.1 Å². The lowest BCUT2D eigenvalue weighted by atomic mass is 10.3. The summed E-state index contributed by atoms with van der Waals surface area (Å²) in [6.45, 7) is 1.91. The molecule has 0 aromatic heterocycles. The summed E-state index contributed by atoms with van der Waals surface area (Å²) >= 11 is 0. The second-order valence-corrected chi connectivity index (χ2v) is 5.76. The van der Waals surface area contributed by atoms with Crippen molar-refractivity contribution in [2.45, 2.75) is 11.8 Å². The van der Waals surface area contributed by atoms with Gasteiger partial charge < -0.3 is 4.74 Å². The lowest BCUT2D eigenvalue weighted by molar-refractivity contribution is 0.340. The van der Waals surface area contributed by atoms with Crippen molar-refractivity contribution in [2.75, 3.05) is 11.3 Å². The average molecular weight is 313 g/mol. The van der Waals surface area contributed by atoms with E-state index in [-0.39, 0.29) is 18.0 Å². The van der Waals surface area contributed by atoms with Crippen LogP contribution in [0.1, 0.15) is 6.92 Å². The zero-order valence-electron chi connectivity index (χ0n) is 11.1.